The number of amides is 2. The summed E-state index contributed by atoms with van der Waals surface area (Å²) < 4.78 is 33.9. The lowest BCUT2D eigenvalue weighted by atomic mass is 9.95. The quantitative estimate of drug-likeness (QED) is 0.666. The van der Waals surface area contributed by atoms with Gasteiger partial charge in [-0.3, -0.25) is 9.59 Å². The van der Waals surface area contributed by atoms with Gasteiger partial charge in [-0.1, -0.05) is 37.0 Å². The van der Waals surface area contributed by atoms with E-state index in [1.165, 1.54) is 4.31 Å². The molecule has 172 valence electrons. The summed E-state index contributed by atoms with van der Waals surface area (Å²) in [6.45, 7) is 6.10. The Hall–Kier alpha value is -1.97. The van der Waals surface area contributed by atoms with Crippen LogP contribution in [0.15, 0.2) is 17.0 Å². The Morgan fingerprint density at radius 1 is 1.03 bits per heavy atom. The van der Waals surface area contributed by atoms with E-state index in [1.807, 2.05) is 19.1 Å². The van der Waals surface area contributed by atoms with Crippen molar-refractivity contribution >= 4 is 21.8 Å². The average Bonchev–Trinajstić information content (AvgIpc) is 2.72. The highest BCUT2D eigenvalue weighted by Gasteiger charge is 2.36. The van der Waals surface area contributed by atoms with E-state index in [9.17, 15) is 18.0 Å². The summed E-state index contributed by atoms with van der Waals surface area (Å²) in [5.74, 6) is -1.44. The number of rotatable bonds is 5. The third kappa shape index (κ3) is 5.64. The number of benzene rings is 1. The number of sulfonamides is 1. The van der Waals surface area contributed by atoms with E-state index >= 15 is 0 Å². The van der Waals surface area contributed by atoms with Crippen molar-refractivity contribution in [3.05, 3.63) is 28.8 Å². The molecule has 0 spiro atoms. The lowest BCUT2D eigenvalue weighted by Gasteiger charge is -2.35. The Morgan fingerprint density at radius 3 is 2.32 bits per heavy atom. The molecule has 1 heterocycles. The van der Waals surface area contributed by atoms with Crippen molar-refractivity contribution in [1.82, 2.24) is 14.9 Å². The maximum absolute atomic E-state index is 13.4. The van der Waals surface area contributed by atoms with Crippen LogP contribution < -0.4 is 10.6 Å². The van der Waals surface area contributed by atoms with E-state index in [0.717, 1.165) is 37.7 Å². The van der Waals surface area contributed by atoms with Crippen molar-refractivity contribution in [2.75, 3.05) is 19.7 Å². The summed E-state index contributed by atoms with van der Waals surface area (Å²) in [6.07, 6.45) is 4.72. The van der Waals surface area contributed by atoms with Gasteiger partial charge in [0.1, 0.15) is 6.23 Å². The summed E-state index contributed by atoms with van der Waals surface area (Å²) in [7, 11) is -3.82. The topological polar surface area (TPSA) is 105 Å². The van der Waals surface area contributed by atoms with Crippen molar-refractivity contribution in [2.45, 2.75) is 76.5 Å². The van der Waals surface area contributed by atoms with Crippen LogP contribution in [0.1, 0.15) is 55.2 Å². The molecule has 0 bridgehead atoms. The molecule has 8 nitrogen and oxygen atoms in total. The molecule has 1 saturated carbocycles. The Balaban J connectivity index is 1.68. The average molecular weight is 452 g/mol. The number of aryl methyl sites for hydroxylation is 3. The molecule has 1 saturated heterocycles. The number of hydrogen-bond acceptors (Lipinski definition) is 5. The van der Waals surface area contributed by atoms with Crippen molar-refractivity contribution in [3.8, 4) is 0 Å². The zero-order chi connectivity index (χ0) is 22.6. The van der Waals surface area contributed by atoms with Crippen molar-refractivity contribution in [1.29, 1.82) is 0 Å². The summed E-state index contributed by atoms with van der Waals surface area (Å²) >= 11 is 0. The van der Waals surface area contributed by atoms with Crippen LogP contribution in [0.3, 0.4) is 0 Å². The molecule has 2 N–H and O–H groups in total. The van der Waals surface area contributed by atoms with Crippen molar-refractivity contribution in [2.24, 2.45) is 0 Å². The molecule has 0 radical (unpaired) electrons. The first-order valence-electron chi connectivity index (χ1n) is 11.0. The van der Waals surface area contributed by atoms with Gasteiger partial charge in [0, 0.05) is 12.6 Å². The predicted octanol–water partition coefficient (Wildman–Crippen LogP) is 1.91. The molecule has 1 unspecified atom stereocenters. The van der Waals surface area contributed by atoms with Gasteiger partial charge in [-0.25, -0.2) is 8.42 Å². The maximum atomic E-state index is 13.4. The van der Waals surface area contributed by atoms with E-state index < -0.39 is 28.1 Å². The van der Waals surface area contributed by atoms with Gasteiger partial charge >= 0.3 is 11.8 Å². The van der Waals surface area contributed by atoms with Gasteiger partial charge in [-0.05, 0) is 51.2 Å². The fourth-order valence-corrected chi connectivity index (χ4v) is 6.53. The van der Waals surface area contributed by atoms with Crippen molar-refractivity contribution in [3.63, 3.8) is 0 Å². The van der Waals surface area contributed by atoms with Crippen LogP contribution in [-0.2, 0) is 24.3 Å². The number of ether oxygens (including phenoxy) is 1. The minimum Gasteiger partial charge on any atom is -0.360 e. The molecule has 1 aromatic rings. The second-order valence-electron chi connectivity index (χ2n) is 8.54. The lowest BCUT2D eigenvalue weighted by Crippen LogP contribution is -2.53. The molecule has 3 rings (SSSR count). The molecular formula is C22H33N3O5S. The monoisotopic (exact) mass is 451 g/mol. The minimum atomic E-state index is -3.82. The molecule has 1 aromatic carbocycles. The summed E-state index contributed by atoms with van der Waals surface area (Å²) in [4.78, 5) is 24.8. The number of hydrogen-bond donors (Lipinski definition) is 2. The first-order valence-corrected chi connectivity index (χ1v) is 12.4. The van der Waals surface area contributed by atoms with Crippen LogP contribution >= 0.6 is 0 Å². The Morgan fingerprint density at radius 2 is 1.68 bits per heavy atom. The van der Waals surface area contributed by atoms with Crippen molar-refractivity contribution < 1.29 is 22.7 Å². The number of carbonyl (C=O) groups excluding carboxylic acids is 2. The molecule has 2 amide bonds. The Labute approximate surface area is 184 Å². The van der Waals surface area contributed by atoms with Gasteiger partial charge < -0.3 is 15.4 Å². The normalized spacial score (nSPS) is 20.9. The van der Waals surface area contributed by atoms with E-state index in [-0.39, 0.29) is 17.5 Å². The number of nitrogens with zero attached hydrogens (tertiary/aromatic N) is 1. The summed E-state index contributed by atoms with van der Waals surface area (Å²) in [6, 6.07) is 3.72. The first kappa shape index (κ1) is 23.7. The zero-order valence-corrected chi connectivity index (χ0v) is 19.4. The highest BCUT2D eigenvalue weighted by Crippen LogP contribution is 2.28. The molecule has 1 aliphatic heterocycles. The molecule has 0 aromatic heterocycles. The molecule has 1 atom stereocenters. The fraction of sp³-hybridized carbons (Fsp3) is 0.636. The van der Waals surface area contributed by atoms with Crippen LogP contribution in [-0.4, -0.2) is 56.5 Å². The van der Waals surface area contributed by atoms with Gasteiger partial charge in [0.15, 0.2) is 0 Å². The second-order valence-corrected chi connectivity index (χ2v) is 10.4. The minimum absolute atomic E-state index is 0.0299. The van der Waals surface area contributed by atoms with E-state index in [0.29, 0.717) is 30.7 Å². The van der Waals surface area contributed by atoms with Crippen LogP contribution in [0, 0.1) is 20.8 Å². The van der Waals surface area contributed by atoms with Crippen LogP contribution in [0.25, 0.3) is 0 Å². The SMILES string of the molecule is Cc1cc(C)c(S(=O)(=O)N2CCCOC2CNC(=O)C(=O)NC2CCCCC2)c(C)c1. The molecular weight excluding hydrogens is 418 g/mol. The molecule has 31 heavy (non-hydrogen) atoms. The number of nitrogens with one attached hydrogen (secondary N) is 2. The molecule has 2 fully saturated rings. The summed E-state index contributed by atoms with van der Waals surface area (Å²) in [5.41, 5.74) is 2.35. The Kier molecular flexibility index (Phi) is 7.72. The van der Waals surface area contributed by atoms with Crippen LogP contribution in [0.4, 0.5) is 0 Å². The second kappa shape index (κ2) is 10.1. The Bertz CT molecular complexity index is 902. The summed E-state index contributed by atoms with van der Waals surface area (Å²) in [5, 5.41) is 5.32. The molecule has 2 aliphatic rings. The first-order chi connectivity index (χ1) is 14.7. The van der Waals surface area contributed by atoms with Crippen LogP contribution in [0.2, 0.25) is 0 Å². The van der Waals surface area contributed by atoms with Gasteiger partial charge in [0.05, 0.1) is 18.0 Å². The van der Waals surface area contributed by atoms with Crippen LogP contribution in [0.5, 0.6) is 0 Å². The highest BCUT2D eigenvalue weighted by molar-refractivity contribution is 7.89. The third-order valence-electron chi connectivity index (χ3n) is 5.91. The highest BCUT2D eigenvalue weighted by atomic mass is 32.2. The van der Waals surface area contributed by atoms with E-state index in [4.69, 9.17) is 4.74 Å². The van der Waals surface area contributed by atoms with Gasteiger partial charge in [-0.2, -0.15) is 4.31 Å². The largest absolute Gasteiger partial charge is 0.360 e. The fourth-order valence-electron chi connectivity index (χ4n) is 4.55. The van der Waals surface area contributed by atoms with E-state index in [1.54, 1.807) is 13.8 Å². The van der Waals surface area contributed by atoms with Gasteiger partial charge in [0.25, 0.3) is 0 Å². The third-order valence-corrected chi connectivity index (χ3v) is 8.10. The smallest absolute Gasteiger partial charge is 0.309 e. The lowest BCUT2D eigenvalue weighted by molar-refractivity contribution is -0.140. The predicted molar refractivity (Wildman–Crippen MR) is 117 cm³/mol. The molecule has 9 heteroatoms. The molecule has 1 aliphatic carbocycles. The standard InChI is InChI=1S/C22H33N3O5S/c1-15-12-16(2)20(17(3)13-15)31(28,29)25-10-7-11-30-19(25)14-23-21(26)22(27)24-18-8-5-4-6-9-18/h12-13,18-19H,4-11,14H2,1-3H3,(H,23,26)(H,24,27). The van der Waals surface area contributed by atoms with Gasteiger partial charge in [0.2, 0.25) is 10.0 Å². The zero-order valence-electron chi connectivity index (χ0n) is 18.6. The number of carbonyl (C=O) groups is 2. The maximum Gasteiger partial charge on any atom is 0.309 e. The van der Waals surface area contributed by atoms with E-state index in [2.05, 4.69) is 10.6 Å². The van der Waals surface area contributed by atoms with Gasteiger partial charge in [-0.15, -0.1) is 0 Å².